The van der Waals surface area contributed by atoms with E-state index in [1.807, 2.05) is 30.3 Å². The Balaban J connectivity index is 1.68. The van der Waals surface area contributed by atoms with Gasteiger partial charge < -0.3 is 0 Å². The lowest BCUT2D eigenvalue weighted by Crippen LogP contribution is -2.13. The summed E-state index contributed by atoms with van der Waals surface area (Å²) < 4.78 is 0. The van der Waals surface area contributed by atoms with Crippen molar-refractivity contribution in [3.63, 3.8) is 0 Å². The zero-order valence-electron chi connectivity index (χ0n) is 14.7. The maximum Gasteiger partial charge on any atom is 0.273 e. The number of aryl methyl sites for hydroxylation is 1. The van der Waals surface area contributed by atoms with Crippen molar-refractivity contribution < 1.29 is 4.79 Å². The first-order chi connectivity index (χ1) is 12.7. The molecule has 0 saturated carbocycles. The number of unbranched alkanes of at least 4 members (excludes halogenated alkanes) is 1. The molecule has 134 valence electrons. The first-order valence-corrected chi connectivity index (χ1v) is 10.1. The number of carbonyl (C=O) groups is 1. The SMILES string of the molecule is CCCCc1ccc(C=C2C(=O)NN=C2CSc2ccc(Cl)cc2)cc1. The van der Waals surface area contributed by atoms with Crippen molar-refractivity contribution in [2.75, 3.05) is 5.75 Å². The van der Waals surface area contributed by atoms with Crippen LogP contribution in [0.15, 0.2) is 64.1 Å². The molecule has 2 aromatic rings. The molecule has 5 heteroatoms. The van der Waals surface area contributed by atoms with Crippen molar-refractivity contribution in [3.05, 3.63) is 70.3 Å². The third kappa shape index (κ3) is 4.99. The van der Waals surface area contributed by atoms with Gasteiger partial charge in [-0.3, -0.25) is 4.79 Å². The highest BCUT2D eigenvalue weighted by Gasteiger charge is 2.22. The van der Waals surface area contributed by atoms with Crippen molar-refractivity contribution in [2.45, 2.75) is 31.1 Å². The van der Waals surface area contributed by atoms with Crippen molar-refractivity contribution in [1.29, 1.82) is 0 Å². The van der Waals surface area contributed by atoms with Crippen molar-refractivity contribution >= 4 is 41.1 Å². The van der Waals surface area contributed by atoms with E-state index in [1.54, 1.807) is 11.8 Å². The Morgan fingerprint density at radius 2 is 1.85 bits per heavy atom. The second-order valence-electron chi connectivity index (χ2n) is 6.15. The molecule has 0 saturated heterocycles. The fraction of sp³-hybridized carbons (Fsp3) is 0.238. The van der Waals surface area contributed by atoms with Gasteiger partial charge in [0.05, 0.1) is 11.3 Å². The Morgan fingerprint density at radius 3 is 2.54 bits per heavy atom. The number of carbonyl (C=O) groups excluding carboxylic acids is 1. The number of rotatable bonds is 7. The van der Waals surface area contributed by atoms with E-state index in [9.17, 15) is 4.79 Å². The van der Waals surface area contributed by atoms with Crippen LogP contribution >= 0.6 is 23.4 Å². The van der Waals surface area contributed by atoms with E-state index >= 15 is 0 Å². The van der Waals surface area contributed by atoms with Gasteiger partial charge in [0.25, 0.3) is 5.91 Å². The summed E-state index contributed by atoms with van der Waals surface area (Å²) in [6, 6.07) is 16.1. The fourth-order valence-electron chi connectivity index (χ4n) is 2.64. The van der Waals surface area contributed by atoms with E-state index in [2.05, 4.69) is 41.7 Å². The Bertz CT molecular complexity index is 826. The number of nitrogens with one attached hydrogen (secondary N) is 1. The van der Waals surface area contributed by atoms with E-state index in [0.29, 0.717) is 16.3 Å². The Kier molecular flexibility index (Phi) is 6.53. The van der Waals surface area contributed by atoms with Crippen LogP contribution in [0.1, 0.15) is 30.9 Å². The highest BCUT2D eigenvalue weighted by Crippen LogP contribution is 2.23. The molecule has 0 unspecified atom stereocenters. The zero-order chi connectivity index (χ0) is 18.4. The molecule has 0 spiro atoms. The predicted molar refractivity (Wildman–Crippen MR) is 111 cm³/mol. The van der Waals surface area contributed by atoms with Crippen molar-refractivity contribution in [2.24, 2.45) is 5.10 Å². The zero-order valence-corrected chi connectivity index (χ0v) is 16.2. The second kappa shape index (κ2) is 9.06. The van der Waals surface area contributed by atoms with E-state index in [-0.39, 0.29) is 5.91 Å². The highest BCUT2D eigenvalue weighted by molar-refractivity contribution is 8.00. The molecule has 1 aliphatic heterocycles. The minimum absolute atomic E-state index is 0.147. The molecular weight excluding hydrogens is 364 g/mol. The number of benzene rings is 2. The van der Waals surface area contributed by atoms with Gasteiger partial charge in [-0.1, -0.05) is 49.2 Å². The summed E-state index contributed by atoms with van der Waals surface area (Å²) in [5.41, 5.74) is 6.32. The van der Waals surface area contributed by atoms with Gasteiger partial charge in [0.2, 0.25) is 0 Å². The van der Waals surface area contributed by atoms with Gasteiger partial charge >= 0.3 is 0 Å². The third-order valence-corrected chi connectivity index (χ3v) is 5.42. The standard InChI is InChI=1S/C21H21ClN2OS/c1-2-3-4-15-5-7-16(8-6-15)13-19-20(23-24-21(19)25)14-26-18-11-9-17(22)10-12-18/h5-13H,2-4,14H2,1H3,(H,24,25). The van der Waals surface area contributed by atoms with Gasteiger partial charge in [-0.15, -0.1) is 11.8 Å². The molecule has 26 heavy (non-hydrogen) atoms. The Hall–Kier alpha value is -2.04. The summed E-state index contributed by atoms with van der Waals surface area (Å²) in [5, 5.41) is 4.90. The van der Waals surface area contributed by atoms with Crippen LogP contribution in [0.3, 0.4) is 0 Å². The Morgan fingerprint density at radius 1 is 1.12 bits per heavy atom. The Labute approximate surface area is 163 Å². The second-order valence-corrected chi connectivity index (χ2v) is 7.63. The van der Waals surface area contributed by atoms with Gasteiger partial charge in [-0.2, -0.15) is 5.10 Å². The topological polar surface area (TPSA) is 41.5 Å². The number of hydrazone groups is 1. The average molecular weight is 385 g/mol. The van der Waals surface area contributed by atoms with Crippen LogP contribution in [0.4, 0.5) is 0 Å². The average Bonchev–Trinajstić information content (AvgIpc) is 3.00. The maximum absolute atomic E-state index is 12.1. The summed E-state index contributed by atoms with van der Waals surface area (Å²) in [4.78, 5) is 13.2. The highest BCUT2D eigenvalue weighted by atomic mass is 35.5. The smallest absolute Gasteiger partial charge is 0.267 e. The van der Waals surface area contributed by atoms with Crippen LogP contribution in [-0.2, 0) is 11.2 Å². The van der Waals surface area contributed by atoms with Crippen LogP contribution in [0.5, 0.6) is 0 Å². The van der Waals surface area contributed by atoms with Crippen LogP contribution in [0, 0.1) is 0 Å². The minimum atomic E-state index is -0.147. The molecule has 0 radical (unpaired) electrons. The molecule has 0 atom stereocenters. The minimum Gasteiger partial charge on any atom is -0.267 e. The molecule has 1 amide bonds. The predicted octanol–water partition coefficient (Wildman–Crippen LogP) is 5.34. The third-order valence-electron chi connectivity index (χ3n) is 4.15. The van der Waals surface area contributed by atoms with Crippen LogP contribution < -0.4 is 5.43 Å². The molecule has 0 fully saturated rings. The molecule has 1 heterocycles. The lowest BCUT2D eigenvalue weighted by Gasteiger charge is -2.04. The summed E-state index contributed by atoms with van der Waals surface area (Å²) >= 11 is 7.55. The number of nitrogens with zero attached hydrogens (tertiary/aromatic N) is 1. The number of hydrogen-bond donors (Lipinski definition) is 1. The maximum atomic E-state index is 12.1. The normalized spacial score (nSPS) is 15.2. The lowest BCUT2D eigenvalue weighted by molar-refractivity contribution is -0.116. The fourth-order valence-corrected chi connectivity index (χ4v) is 3.62. The number of halogens is 1. The molecular formula is C21H21ClN2OS. The van der Waals surface area contributed by atoms with Gasteiger partial charge in [0, 0.05) is 15.7 Å². The van der Waals surface area contributed by atoms with Gasteiger partial charge in [-0.25, -0.2) is 5.43 Å². The molecule has 1 N–H and O–H groups in total. The first-order valence-electron chi connectivity index (χ1n) is 8.72. The molecule has 0 bridgehead atoms. The molecule has 3 nitrogen and oxygen atoms in total. The molecule has 1 aliphatic rings. The molecule has 0 aliphatic carbocycles. The number of thioether (sulfide) groups is 1. The monoisotopic (exact) mass is 384 g/mol. The molecule has 3 rings (SSSR count). The summed E-state index contributed by atoms with van der Waals surface area (Å²) in [6.07, 6.45) is 5.39. The summed E-state index contributed by atoms with van der Waals surface area (Å²) in [5.74, 6) is 0.479. The summed E-state index contributed by atoms with van der Waals surface area (Å²) in [6.45, 7) is 2.19. The van der Waals surface area contributed by atoms with Crippen LogP contribution in [-0.4, -0.2) is 17.4 Å². The van der Waals surface area contributed by atoms with Crippen LogP contribution in [0.25, 0.3) is 6.08 Å². The first kappa shape index (κ1) is 18.7. The van der Waals surface area contributed by atoms with Gasteiger partial charge in [0.1, 0.15) is 0 Å². The molecule has 2 aromatic carbocycles. The van der Waals surface area contributed by atoms with E-state index in [4.69, 9.17) is 11.6 Å². The van der Waals surface area contributed by atoms with E-state index < -0.39 is 0 Å². The number of hydrogen-bond acceptors (Lipinski definition) is 3. The molecule has 0 aromatic heterocycles. The van der Waals surface area contributed by atoms with Crippen molar-refractivity contribution in [1.82, 2.24) is 5.43 Å². The van der Waals surface area contributed by atoms with E-state index in [0.717, 1.165) is 22.6 Å². The van der Waals surface area contributed by atoms with Crippen LogP contribution in [0.2, 0.25) is 5.02 Å². The largest absolute Gasteiger partial charge is 0.273 e. The summed E-state index contributed by atoms with van der Waals surface area (Å²) in [7, 11) is 0. The van der Waals surface area contributed by atoms with Gasteiger partial charge in [0.15, 0.2) is 0 Å². The number of amides is 1. The lowest BCUT2D eigenvalue weighted by atomic mass is 10.0. The van der Waals surface area contributed by atoms with E-state index in [1.165, 1.54) is 18.4 Å². The quantitative estimate of drug-likeness (QED) is 0.516. The van der Waals surface area contributed by atoms with Crippen molar-refractivity contribution in [3.8, 4) is 0 Å². The van der Waals surface area contributed by atoms with Gasteiger partial charge in [-0.05, 0) is 54.3 Å².